The smallest absolute Gasteiger partial charge is 0.214 e. The van der Waals surface area contributed by atoms with E-state index in [1.165, 1.54) is 10.6 Å². The summed E-state index contributed by atoms with van der Waals surface area (Å²) in [5.41, 5.74) is 0. The van der Waals surface area contributed by atoms with Gasteiger partial charge in [0.15, 0.2) is 0 Å². The molecule has 0 aliphatic carbocycles. The Kier molecular flexibility index (Phi) is 6.04. The first kappa shape index (κ1) is 15.7. The molecule has 7 heteroatoms. The van der Waals surface area contributed by atoms with Crippen LogP contribution in [0.1, 0.15) is 13.3 Å². The van der Waals surface area contributed by atoms with Gasteiger partial charge in [-0.25, -0.2) is 12.7 Å². The highest BCUT2D eigenvalue weighted by atomic mass is 32.2. The van der Waals surface area contributed by atoms with Crippen LogP contribution in [0.4, 0.5) is 5.82 Å². The molecule has 0 amide bonds. The SMILES string of the molecule is CCN(CCCNc1cccc(OC)n1)S(C)(=O)=O. The van der Waals surface area contributed by atoms with Gasteiger partial charge in [0.05, 0.1) is 13.4 Å². The van der Waals surface area contributed by atoms with Gasteiger partial charge in [0.2, 0.25) is 15.9 Å². The van der Waals surface area contributed by atoms with E-state index < -0.39 is 10.0 Å². The fourth-order valence-electron chi connectivity index (χ4n) is 1.66. The van der Waals surface area contributed by atoms with Crippen LogP contribution in [0.15, 0.2) is 18.2 Å². The van der Waals surface area contributed by atoms with Gasteiger partial charge in [-0.1, -0.05) is 13.0 Å². The molecule has 0 aliphatic heterocycles. The summed E-state index contributed by atoms with van der Waals surface area (Å²) in [5.74, 6) is 1.28. The van der Waals surface area contributed by atoms with E-state index in [0.717, 1.165) is 12.2 Å². The molecule has 0 aliphatic rings. The van der Waals surface area contributed by atoms with E-state index in [1.807, 2.05) is 19.1 Å². The summed E-state index contributed by atoms with van der Waals surface area (Å²) in [6, 6.07) is 5.47. The average molecular weight is 287 g/mol. The van der Waals surface area contributed by atoms with Crippen molar-refractivity contribution in [2.24, 2.45) is 0 Å². The molecule has 0 saturated carbocycles. The third-order valence-electron chi connectivity index (χ3n) is 2.64. The first-order valence-electron chi connectivity index (χ1n) is 6.17. The highest BCUT2D eigenvalue weighted by Crippen LogP contribution is 2.10. The second kappa shape index (κ2) is 7.30. The topological polar surface area (TPSA) is 71.5 Å². The molecule has 1 aromatic heterocycles. The summed E-state index contributed by atoms with van der Waals surface area (Å²) in [5, 5.41) is 3.14. The molecule has 1 rings (SSSR count). The van der Waals surface area contributed by atoms with Crippen molar-refractivity contribution in [2.75, 3.05) is 38.3 Å². The van der Waals surface area contributed by atoms with E-state index in [1.54, 1.807) is 13.2 Å². The van der Waals surface area contributed by atoms with Gasteiger partial charge in [-0.05, 0) is 12.5 Å². The van der Waals surface area contributed by atoms with Gasteiger partial charge in [0.25, 0.3) is 0 Å². The van der Waals surface area contributed by atoms with Crippen LogP contribution in [0.25, 0.3) is 0 Å². The molecule has 0 spiro atoms. The molecule has 108 valence electrons. The highest BCUT2D eigenvalue weighted by molar-refractivity contribution is 7.88. The minimum atomic E-state index is -3.10. The van der Waals surface area contributed by atoms with Crippen LogP contribution in [0.3, 0.4) is 0 Å². The first-order valence-corrected chi connectivity index (χ1v) is 8.02. The molecule has 0 atom stereocenters. The number of hydrogen-bond acceptors (Lipinski definition) is 5. The molecule has 1 N–H and O–H groups in total. The molecule has 0 radical (unpaired) electrons. The van der Waals surface area contributed by atoms with Crippen molar-refractivity contribution in [1.29, 1.82) is 0 Å². The molecule has 19 heavy (non-hydrogen) atoms. The lowest BCUT2D eigenvalue weighted by Crippen LogP contribution is -2.31. The Hall–Kier alpha value is -1.34. The molecular weight excluding hydrogens is 266 g/mol. The van der Waals surface area contributed by atoms with Crippen LogP contribution in [0, 0.1) is 0 Å². The number of methoxy groups -OCH3 is 1. The number of nitrogens with one attached hydrogen (secondary N) is 1. The molecule has 1 heterocycles. The average Bonchev–Trinajstić information content (AvgIpc) is 2.37. The summed E-state index contributed by atoms with van der Waals surface area (Å²) < 4.78 is 29.2. The number of hydrogen-bond donors (Lipinski definition) is 1. The molecule has 6 nitrogen and oxygen atoms in total. The standard InChI is InChI=1S/C12H21N3O3S/c1-4-15(19(3,16)17)10-6-9-13-11-7-5-8-12(14-11)18-2/h5,7-8H,4,6,9-10H2,1-3H3,(H,13,14). The monoisotopic (exact) mass is 287 g/mol. The normalized spacial score (nSPS) is 11.6. The Morgan fingerprint density at radius 1 is 1.42 bits per heavy atom. The molecule has 1 aromatic rings. The number of sulfonamides is 1. The maximum Gasteiger partial charge on any atom is 0.214 e. The first-order chi connectivity index (χ1) is 8.97. The molecule has 0 unspecified atom stereocenters. The van der Waals surface area contributed by atoms with Gasteiger partial charge in [-0.2, -0.15) is 4.98 Å². The fraction of sp³-hybridized carbons (Fsp3) is 0.583. The van der Waals surface area contributed by atoms with Gasteiger partial charge in [-0.3, -0.25) is 0 Å². The molecule has 0 aromatic carbocycles. The van der Waals surface area contributed by atoms with E-state index in [2.05, 4.69) is 10.3 Å². The van der Waals surface area contributed by atoms with Crippen molar-refractivity contribution in [2.45, 2.75) is 13.3 Å². The van der Waals surface area contributed by atoms with Gasteiger partial charge in [0.1, 0.15) is 5.82 Å². The summed E-state index contributed by atoms with van der Waals surface area (Å²) in [6.07, 6.45) is 1.95. The number of aromatic nitrogens is 1. The minimum absolute atomic E-state index is 0.496. The van der Waals surface area contributed by atoms with Gasteiger partial charge >= 0.3 is 0 Å². The number of pyridine rings is 1. The van der Waals surface area contributed by atoms with Crippen LogP contribution in [0.5, 0.6) is 5.88 Å². The summed E-state index contributed by atoms with van der Waals surface area (Å²) in [7, 11) is -1.53. The van der Waals surface area contributed by atoms with E-state index in [4.69, 9.17) is 4.74 Å². The van der Waals surface area contributed by atoms with Crippen LogP contribution >= 0.6 is 0 Å². The van der Waals surface area contributed by atoms with Crippen LogP contribution in [-0.4, -0.2) is 50.7 Å². The number of rotatable bonds is 8. The third kappa shape index (κ3) is 5.44. The van der Waals surface area contributed by atoms with Crippen LogP contribution < -0.4 is 10.1 Å². The predicted molar refractivity (Wildman–Crippen MR) is 76.0 cm³/mol. The van der Waals surface area contributed by atoms with Crippen molar-refractivity contribution in [3.8, 4) is 5.88 Å². The third-order valence-corrected chi connectivity index (χ3v) is 4.02. The zero-order valence-corrected chi connectivity index (χ0v) is 12.4. The van der Waals surface area contributed by atoms with Crippen molar-refractivity contribution in [3.63, 3.8) is 0 Å². The Balaban J connectivity index is 2.38. The maximum absolute atomic E-state index is 11.4. The van der Waals surface area contributed by atoms with Crippen LogP contribution in [-0.2, 0) is 10.0 Å². The predicted octanol–water partition coefficient (Wildman–Crippen LogP) is 1.17. The lowest BCUT2D eigenvalue weighted by Gasteiger charge is -2.17. The number of nitrogens with zero attached hydrogens (tertiary/aromatic N) is 2. The van der Waals surface area contributed by atoms with E-state index in [-0.39, 0.29) is 0 Å². The van der Waals surface area contributed by atoms with Gasteiger partial charge in [-0.15, -0.1) is 0 Å². The second-order valence-electron chi connectivity index (χ2n) is 4.10. The molecule has 0 fully saturated rings. The lowest BCUT2D eigenvalue weighted by molar-refractivity contribution is 0.398. The van der Waals surface area contributed by atoms with Crippen molar-refractivity contribution < 1.29 is 13.2 Å². The summed E-state index contributed by atoms with van der Waals surface area (Å²) in [6.45, 7) is 3.49. The van der Waals surface area contributed by atoms with Crippen molar-refractivity contribution >= 4 is 15.8 Å². The molecule has 0 saturated heterocycles. The largest absolute Gasteiger partial charge is 0.481 e. The second-order valence-corrected chi connectivity index (χ2v) is 6.08. The quantitative estimate of drug-likeness (QED) is 0.727. The maximum atomic E-state index is 11.4. The Morgan fingerprint density at radius 2 is 2.16 bits per heavy atom. The summed E-state index contributed by atoms with van der Waals surface area (Å²) in [4.78, 5) is 4.21. The Bertz CT molecular complexity index is 491. The van der Waals surface area contributed by atoms with E-state index in [0.29, 0.717) is 25.5 Å². The highest BCUT2D eigenvalue weighted by Gasteiger charge is 2.12. The molecule has 0 bridgehead atoms. The van der Waals surface area contributed by atoms with Gasteiger partial charge < -0.3 is 10.1 Å². The van der Waals surface area contributed by atoms with Gasteiger partial charge in [0, 0.05) is 25.7 Å². The summed E-state index contributed by atoms with van der Waals surface area (Å²) >= 11 is 0. The number of ether oxygens (including phenoxy) is 1. The Morgan fingerprint density at radius 3 is 2.74 bits per heavy atom. The Labute approximate surface area is 114 Å². The lowest BCUT2D eigenvalue weighted by atomic mass is 10.4. The van der Waals surface area contributed by atoms with E-state index in [9.17, 15) is 8.42 Å². The van der Waals surface area contributed by atoms with Crippen molar-refractivity contribution in [3.05, 3.63) is 18.2 Å². The van der Waals surface area contributed by atoms with E-state index >= 15 is 0 Å². The fourth-order valence-corrected chi connectivity index (χ4v) is 2.59. The van der Waals surface area contributed by atoms with Crippen molar-refractivity contribution in [1.82, 2.24) is 9.29 Å². The zero-order chi connectivity index (χ0) is 14.3. The zero-order valence-electron chi connectivity index (χ0n) is 11.6. The van der Waals surface area contributed by atoms with Crippen LogP contribution in [0.2, 0.25) is 0 Å². The minimum Gasteiger partial charge on any atom is -0.481 e. The number of anilines is 1. The molecular formula is C12H21N3O3S.